The Balaban J connectivity index is 1.54. The van der Waals surface area contributed by atoms with Crippen LogP contribution in [0.4, 0.5) is 11.9 Å². The van der Waals surface area contributed by atoms with Crippen LogP contribution in [0.1, 0.15) is 36.4 Å². The summed E-state index contributed by atoms with van der Waals surface area (Å²) in [5, 5.41) is 23.1. The summed E-state index contributed by atoms with van der Waals surface area (Å²) in [6.45, 7) is -0.137. The van der Waals surface area contributed by atoms with Crippen molar-refractivity contribution in [1.82, 2.24) is 24.9 Å². The minimum absolute atomic E-state index is 0.0279. The van der Waals surface area contributed by atoms with Crippen LogP contribution >= 0.6 is 0 Å². The highest BCUT2D eigenvalue weighted by atomic mass is 16.3. The molecule has 0 radical (unpaired) electrons. The molecule has 0 spiro atoms. The molecule has 1 saturated carbocycles. The topological polar surface area (TPSA) is 134 Å². The number of rotatable bonds is 7. The van der Waals surface area contributed by atoms with Gasteiger partial charge in [0.2, 0.25) is 17.8 Å². The van der Waals surface area contributed by atoms with Crippen LogP contribution in [0.25, 0.3) is 11.7 Å². The fraction of sp³-hybridized carbons (Fsp3) is 0.286. The summed E-state index contributed by atoms with van der Waals surface area (Å²) in [6.07, 6.45) is 5.35. The molecule has 10 nitrogen and oxygen atoms in total. The molecular weight excluding hydrogens is 398 g/mol. The van der Waals surface area contributed by atoms with Crippen LogP contribution < -0.4 is 16.0 Å². The third kappa shape index (κ3) is 3.97. The predicted molar refractivity (Wildman–Crippen MR) is 113 cm³/mol. The number of hydrogen-bond acceptors (Lipinski definition) is 8. The van der Waals surface area contributed by atoms with E-state index in [2.05, 4.69) is 31.0 Å². The van der Waals surface area contributed by atoms with Gasteiger partial charge in [0, 0.05) is 17.2 Å². The first kappa shape index (κ1) is 19.2. The Morgan fingerprint density at radius 3 is 2.71 bits per heavy atom. The fourth-order valence-electron chi connectivity index (χ4n) is 3.45. The van der Waals surface area contributed by atoms with Crippen molar-refractivity contribution in [3.8, 4) is 0 Å². The van der Waals surface area contributed by atoms with Crippen LogP contribution in [0.5, 0.6) is 0 Å². The lowest BCUT2D eigenvalue weighted by molar-refractivity contribution is -0.124. The number of anilines is 2. The van der Waals surface area contributed by atoms with E-state index in [1.54, 1.807) is 16.8 Å². The van der Waals surface area contributed by atoms with E-state index in [0.717, 1.165) is 18.4 Å². The Hall–Kier alpha value is -3.79. The molecule has 31 heavy (non-hydrogen) atoms. The molecule has 0 unspecified atom stereocenters. The number of aromatic nitrogens is 4. The molecule has 4 N–H and O–H groups in total. The first-order chi connectivity index (χ1) is 15.1. The maximum atomic E-state index is 12.0. The molecule has 2 aliphatic rings. The standard InChI is InChI=1S/C21H21N7O3/c29-11-16(12-4-2-1-3-5-12)24-20-26-18-14(8-13-9-17(30)25-19(13)31)10-22-28(18)21(27-20)23-15-6-7-15/h1-5,8,10,15-16,29H,6-7,9,11H2,(H,25,30,31)(H2,23,24,26,27)/b13-8+/t16-/m1/s1. The van der Waals surface area contributed by atoms with E-state index in [1.807, 2.05) is 30.3 Å². The van der Waals surface area contributed by atoms with E-state index < -0.39 is 5.91 Å². The summed E-state index contributed by atoms with van der Waals surface area (Å²) < 4.78 is 1.58. The van der Waals surface area contributed by atoms with Gasteiger partial charge in [-0.2, -0.15) is 19.6 Å². The molecule has 1 aliphatic heterocycles. The van der Waals surface area contributed by atoms with E-state index in [1.165, 1.54) is 0 Å². The average Bonchev–Trinajstić information content (AvgIpc) is 3.41. The third-order valence-electron chi connectivity index (χ3n) is 5.22. The van der Waals surface area contributed by atoms with Crippen LogP contribution in [0.15, 0.2) is 42.1 Å². The van der Waals surface area contributed by atoms with Crippen molar-refractivity contribution in [2.24, 2.45) is 0 Å². The van der Waals surface area contributed by atoms with Gasteiger partial charge in [0.15, 0.2) is 5.65 Å². The van der Waals surface area contributed by atoms with Gasteiger partial charge in [0.25, 0.3) is 5.91 Å². The highest BCUT2D eigenvalue weighted by Crippen LogP contribution is 2.27. The van der Waals surface area contributed by atoms with E-state index in [-0.39, 0.29) is 25.0 Å². The molecule has 1 aromatic carbocycles. The molecule has 2 fully saturated rings. The molecule has 1 saturated heterocycles. The first-order valence-corrected chi connectivity index (χ1v) is 10.1. The number of imide groups is 1. The summed E-state index contributed by atoms with van der Waals surface area (Å²) in [5.74, 6) is 0.119. The normalized spacial score (nSPS) is 18.4. The van der Waals surface area contributed by atoms with Crippen molar-refractivity contribution in [2.75, 3.05) is 17.2 Å². The van der Waals surface area contributed by atoms with Crippen molar-refractivity contribution in [3.05, 3.63) is 53.2 Å². The largest absolute Gasteiger partial charge is 0.394 e. The SMILES string of the molecule is O=C1C/C(=C\c2cnn3c(NC4CC4)nc(N[C@H](CO)c4ccccc4)nc23)C(=O)N1. The molecule has 0 bridgehead atoms. The Labute approximate surface area is 177 Å². The fourth-order valence-corrected chi connectivity index (χ4v) is 3.45. The molecule has 1 aliphatic carbocycles. The molecule has 2 amide bonds. The summed E-state index contributed by atoms with van der Waals surface area (Å²) in [5.41, 5.74) is 2.36. The number of fused-ring (bicyclic) bond motifs is 1. The minimum atomic E-state index is -0.405. The summed E-state index contributed by atoms with van der Waals surface area (Å²) in [4.78, 5) is 32.6. The summed E-state index contributed by atoms with van der Waals surface area (Å²) in [6, 6.07) is 9.49. The monoisotopic (exact) mass is 419 g/mol. The maximum Gasteiger partial charge on any atom is 0.254 e. The number of aliphatic hydroxyl groups excluding tert-OH is 1. The van der Waals surface area contributed by atoms with Crippen LogP contribution in [0.3, 0.4) is 0 Å². The second kappa shape index (κ2) is 7.80. The van der Waals surface area contributed by atoms with Crippen molar-refractivity contribution in [2.45, 2.75) is 31.3 Å². The highest BCUT2D eigenvalue weighted by molar-refractivity contribution is 6.15. The molecule has 1 atom stereocenters. The van der Waals surface area contributed by atoms with Gasteiger partial charge in [0.1, 0.15) is 0 Å². The van der Waals surface area contributed by atoms with Gasteiger partial charge in [-0.1, -0.05) is 30.3 Å². The number of hydrogen-bond donors (Lipinski definition) is 4. The van der Waals surface area contributed by atoms with Gasteiger partial charge in [0.05, 0.1) is 25.3 Å². The van der Waals surface area contributed by atoms with Gasteiger partial charge in [-0.05, 0) is 24.5 Å². The third-order valence-corrected chi connectivity index (χ3v) is 5.22. The highest BCUT2D eigenvalue weighted by Gasteiger charge is 2.26. The molecule has 3 aromatic rings. The first-order valence-electron chi connectivity index (χ1n) is 10.1. The zero-order valence-electron chi connectivity index (χ0n) is 16.6. The Morgan fingerprint density at radius 1 is 1.23 bits per heavy atom. The van der Waals surface area contributed by atoms with Crippen LogP contribution in [-0.4, -0.2) is 49.2 Å². The van der Waals surface area contributed by atoms with E-state index in [4.69, 9.17) is 0 Å². The lowest BCUT2D eigenvalue weighted by Gasteiger charge is -2.17. The molecule has 158 valence electrons. The van der Waals surface area contributed by atoms with E-state index >= 15 is 0 Å². The van der Waals surface area contributed by atoms with Gasteiger partial charge < -0.3 is 15.7 Å². The lowest BCUT2D eigenvalue weighted by Crippen LogP contribution is -2.19. The average molecular weight is 419 g/mol. The molecular formula is C21H21N7O3. The van der Waals surface area contributed by atoms with Crippen molar-refractivity contribution >= 4 is 35.4 Å². The number of carbonyl (C=O) groups is 2. The Morgan fingerprint density at radius 2 is 2.03 bits per heavy atom. The zero-order chi connectivity index (χ0) is 21.4. The van der Waals surface area contributed by atoms with Gasteiger partial charge >= 0.3 is 0 Å². The second-order valence-electron chi connectivity index (χ2n) is 7.64. The van der Waals surface area contributed by atoms with Crippen LogP contribution in [0.2, 0.25) is 0 Å². The second-order valence-corrected chi connectivity index (χ2v) is 7.64. The molecule has 10 heteroatoms. The van der Waals surface area contributed by atoms with Crippen LogP contribution in [-0.2, 0) is 9.59 Å². The number of aliphatic hydroxyl groups is 1. The lowest BCUT2D eigenvalue weighted by atomic mass is 10.1. The van der Waals surface area contributed by atoms with Crippen molar-refractivity contribution in [3.63, 3.8) is 0 Å². The predicted octanol–water partition coefficient (Wildman–Crippen LogP) is 1.27. The number of nitrogens with zero attached hydrogens (tertiary/aromatic N) is 4. The summed E-state index contributed by atoms with van der Waals surface area (Å²) in [7, 11) is 0. The number of benzene rings is 1. The van der Waals surface area contributed by atoms with Crippen molar-refractivity contribution < 1.29 is 14.7 Å². The Bertz CT molecular complexity index is 1180. The number of nitrogens with one attached hydrogen (secondary N) is 3. The number of carbonyl (C=O) groups excluding carboxylic acids is 2. The van der Waals surface area contributed by atoms with Gasteiger partial charge in [-0.15, -0.1) is 0 Å². The Kier molecular flexibility index (Phi) is 4.83. The smallest absolute Gasteiger partial charge is 0.254 e. The summed E-state index contributed by atoms with van der Waals surface area (Å²) >= 11 is 0. The molecule has 5 rings (SSSR count). The quantitative estimate of drug-likeness (QED) is 0.332. The van der Waals surface area contributed by atoms with Gasteiger partial charge in [-0.25, -0.2) is 0 Å². The van der Waals surface area contributed by atoms with E-state index in [9.17, 15) is 14.7 Å². The van der Waals surface area contributed by atoms with E-state index in [0.29, 0.717) is 34.7 Å². The minimum Gasteiger partial charge on any atom is -0.394 e. The molecule has 2 aromatic heterocycles. The van der Waals surface area contributed by atoms with Crippen molar-refractivity contribution in [1.29, 1.82) is 0 Å². The molecule has 3 heterocycles. The van der Waals surface area contributed by atoms with Crippen LogP contribution in [0, 0.1) is 0 Å². The number of amides is 2. The van der Waals surface area contributed by atoms with Gasteiger partial charge in [-0.3, -0.25) is 14.9 Å². The maximum absolute atomic E-state index is 12.0. The zero-order valence-corrected chi connectivity index (χ0v) is 16.6.